The molecule has 4 N–H and O–H groups in total. The third kappa shape index (κ3) is 16.7. The Morgan fingerprint density at radius 2 is 1.38 bits per heavy atom. The Bertz CT molecular complexity index is 505. The van der Waals surface area contributed by atoms with E-state index in [0.717, 1.165) is 36.2 Å². The van der Waals surface area contributed by atoms with Gasteiger partial charge in [0.2, 0.25) is 0 Å². The summed E-state index contributed by atoms with van der Waals surface area (Å²) in [6.45, 7) is 10.2. The molecule has 6 heteroatoms. The highest BCUT2D eigenvalue weighted by Gasteiger charge is 2.25. The van der Waals surface area contributed by atoms with Gasteiger partial charge < -0.3 is 25.2 Å². The Labute approximate surface area is 196 Å². The van der Waals surface area contributed by atoms with Gasteiger partial charge in [0.25, 0.3) is 0 Å². The fourth-order valence-electron chi connectivity index (χ4n) is 3.77. The molecule has 0 aliphatic carbocycles. The molecule has 0 fully saturated rings. The minimum atomic E-state index is -1.56. The van der Waals surface area contributed by atoms with Crippen LogP contribution in [-0.4, -0.2) is 57.9 Å². The van der Waals surface area contributed by atoms with Crippen LogP contribution in [0.1, 0.15) is 98.8 Å². The summed E-state index contributed by atoms with van der Waals surface area (Å²) in [6, 6.07) is 0. The molecule has 0 saturated heterocycles. The van der Waals surface area contributed by atoms with Crippen LogP contribution in [0.25, 0.3) is 0 Å². The van der Waals surface area contributed by atoms with Gasteiger partial charge in [-0.05, 0) is 37.5 Å². The molecule has 0 aromatic rings. The van der Waals surface area contributed by atoms with Crippen molar-refractivity contribution in [3.8, 4) is 0 Å². The average molecular weight is 459 g/mol. The molecule has 0 radical (unpaired) electrons. The Kier molecular flexibility index (Phi) is 17.9. The van der Waals surface area contributed by atoms with Crippen molar-refractivity contribution in [2.45, 2.75) is 117 Å². The van der Waals surface area contributed by atoms with E-state index in [9.17, 15) is 20.1 Å². The number of aliphatic hydroxyl groups is 4. The van der Waals surface area contributed by atoms with E-state index in [1.54, 1.807) is 0 Å². The predicted octanol–water partition coefficient (Wildman–Crippen LogP) is 4.38. The molecule has 0 aliphatic heterocycles. The molecule has 0 aliphatic rings. The van der Waals surface area contributed by atoms with Gasteiger partial charge in [0.15, 0.2) is 0 Å². The molecule has 5 atom stereocenters. The minimum Gasteiger partial charge on any atom is -0.463 e. The summed E-state index contributed by atoms with van der Waals surface area (Å²) in [5.74, 6) is 1.86. The largest absolute Gasteiger partial charge is 0.463 e. The summed E-state index contributed by atoms with van der Waals surface area (Å²) in [4.78, 5) is 11.8. The summed E-state index contributed by atoms with van der Waals surface area (Å²) in [6.07, 6.45) is 8.70. The van der Waals surface area contributed by atoms with Crippen molar-refractivity contribution in [2.75, 3.05) is 13.2 Å². The zero-order chi connectivity index (χ0) is 24.5. The Hall–Kier alpha value is -0.950. The summed E-state index contributed by atoms with van der Waals surface area (Å²) >= 11 is 0. The van der Waals surface area contributed by atoms with Crippen molar-refractivity contribution in [1.29, 1.82) is 0 Å². The summed E-state index contributed by atoms with van der Waals surface area (Å²) in [5.41, 5.74) is 1.14. The van der Waals surface area contributed by atoms with E-state index in [4.69, 9.17) is 9.84 Å². The van der Waals surface area contributed by atoms with Crippen molar-refractivity contribution < 1.29 is 30.0 Å². The van der Waals surface area contributed by atoms with Crippen LogP contribution in [0.3, 0.4) is 0 Å². The van der Waals surface area contributed by atoms with Crippen LogP contribution < -0.4 is 0 Å². The molecule has 5 unspecified atom stereocenters. The van der Waals surface area contributed by atoms with Crippen LogP contribution in [0.5, 0.6) is 0 Å². The molecule has 0 bridgehead atoms. The Morgan fingerprint density at radius 3 is 1.91 bits per heavy atom. The number of carbonyl (C=O) groups is 1. The molecule has 6 nitrogen and oxygen atoms in total. The first kappa shape index (κ1) is 31.0. The van der Waals surface area contributed by atoms with Gasteiger partial charge in [0, 0.05) is 0 Å². The fourth-order valence-corrected chi connectivity index (χ4v) is 3.77. The van der Waals surface area contributed by atoms with E-state index < -0.39 is 37.5 Å². The topological polar surface area (TPSA) is 107 Å². The second-order valence-corrected chi connectivity index (χ2v) is 10.1. The molecule has 32 heavy (non-hydrogen) atoms. The Balaban J connectivity index is 3.91. The van der Waals surface area contributed by atoms with E-state index in [2.05, 4.69) is 27.7 Å². The second kappa shape index (κ2) is 18.5. The second-order valence-electron chi connectivity index (χ2n) is 10.1. The van der Waals surface area contributed by atoms with Crippen molar-refractivity contribution in [3.05, 3.63) is 11.6 Å². The van der Waals surface area contributed by atoms with E-state index in [1.807, 2.05) is 13.0 Å². The monoisotopic (exact) mass is 458 g/mol. The minimum absolute atomic E-state index is 0.113. The number of aliphatic hydroxyl groups excluding tert-OH is 4. The quantitative estimate of drug-likeness (QED) is 0.169. The summed E-state index contributed by atoms with van der Waals surface area (Å²) < 4.78 is 4.93. The smallest absolute Gasteiger partial charge is 0.309 e. The zero-order valence-electron chi connectivity index (χ0n) is 21.1. The van der Waals surface area contributed by atoms with E-state index >= 15 is 0 Å². The molecule has 0 amide bonds. The molecule has 0 heterocycles. The van der Waals surface area contributed by atoms with E-state index in [0.29, 0.717) is 0 Å². The first-order valence-corrected chi connectivity index (χ1v) is 12.5. The zero-order valence-corrected chi connectivity index (χ0v) is 21.1. The van der Waals surface area contributed by atoms with Crippen molar-refractivity contribution in [2.24, 2.45) is 17.8 Å². The van der Waals surface area contributed by atoms with E-state index in [-0.39, 0.29) is 6.42 Å². The van der Waals surface area contributed by atoms with Crippen LogP contribution >= 0.6 is 0 Å². The lowest BCUT2D eigenvalue weighted by molar-refractivity contribution is -0.151. The van der Waals surface area contributed by atoms with Crippen LogP contribution in [-0.2, 0) is 9.53 Å². The lowest BCUT2D eigenvalue weighted by Gasteiger charge is -2.21. The number of allylic oxidation sites excluding steroid dienone is 1. The number of hydrogen-bond acceptors (Lipinski definition) is 6. The van der Waals surface area contributed by atoms with Gasteiger partial charge in [0.05, 0.1) is 13.0 Å². The number of hydrogen-bond donors (Lipinski definition) is 4. The SMILES string of the molecule is C/C(=C\CC(=O)OCC(O)C(O)C(O)CO)CCCC(C)CCCC(C)CCCC(C)C. The molecule has 0 aromatic carbocycles. The molecule has 0 aromatic heterocycles. The molecular weight excluding hydrogens is 408 g/mol. The lowest BCUT2D eigenvalue weighted by atomic mass is 9.91. The van der Waals surface area contributed by atoms with Gasteiger partial charge >= 0.3 is 5.97 Å². The van der Waals surface area contributed by atoms with Gasteiger partial charge in [-0.15, -0.1) is 0 Å². The highest BCUT2D eigenvalue weighted by molar-refractivity contribution is 5.71. The van der Waals surface area contributed by atoms with Crippen molar-refractivity contribution in [1.82, 2.24) is 0 Å². The summed E-state index contributed by atoms with van der Waals surface area (Å²) in [5, 5.41) is 37.2. The molecule has 0 saturated carbocycles. The maximum absolute atomic E-state index is 11.8. The third-order valence-corrected chi connectivity index (χ3v) is 6.15. The summed E-state index contributed by atoms with van der Waals surface area (Å²) in [7, 11) is 0. The first-order chi connectivity index (χ1) is 15.1. The number of rotatable bonds is 19. The van der Waals surface area contributed by atoms with Crippen LogP contribution in [0.2, 0.25) is 0 Å². The Morgan fingerprint density at radius 1 is 0.844 bits per heavy atom. The number of carbonyl (C=O) groups excluding carboxylic acids is 1. The van der Waals surface area contributed by atoms with E-state index in [1.165, 1.54) is 44.9 Å². The first-order valence-electron chi connectivity index (χ1n) is 12.5. The highest BCUT2D eigenvalue weighted by atomic mass is 16.5. The molecule has 190 valence electrons. The third-order valence-electron chi connectivity index (χ3n) is 6.15. The molecular formula is C26H50O6. The number of esters is 1. The van der Waals surface area contributed by atoms with Gasteiger partial charge in [-0.1, -0.05) is 84.3 Å². The molecule has 0 rings (SSSR count). The predicted molar refractivity (Wildman–Crippen MR) is 129 cm³/mol. The highest BCUT2D eigenvalue weighted by Crippen LogP contribution is 2.22. The van der Waals surface area contributed by atoms with Crippen molar-refractivity contribution in [3.63, 3.8) is 0 Å². The number of ether oxygens (including phenoxy) is 1. The van der Waals surface area contributed by atoms with Gasteiger partial charge in [-0.25, -0.2) is 0 Å². The van der Waals surface area contributed by atoms with Gasteiger partial charge in [-0.3, -0.25) is 4.79 Å². The standard InChI is InChI=1S/C26H50O6/c1-19(2)9-6-10-20(3)11-7-12-21(4)13-8-14-22(5)15-16-25(30)32-18-24(29)26(31)23(28)17-27/h15,19-21,23-24,26-29,31H,6-14,16-18H2,1-5H3/b22-15+. The maximum Gasteiger partial charge on any atom is 0.309 e. The van der Waals surface area contributed by atoms with Gasteiger partial charge in [-0.2, -0.15) is 0 Å². The lowest BCUT2D eigenvalue weighted by Crippen LogP contribution is -2.42. The maximum atomic E-state index is 11.8. The van der Waals surface area contributed by atoms with Crippen LogP contribution in [0.15, 0.2) is 11.6 Å². The van der Waals surface area contributed by atoms with Crippen molar-refractivity contribution >= 4 is 5.97 Å². The van der Waals surface area contributed by atoms with Crippen LogP contribution in [0.4, 0.5) is 0 Å². The van der Waals surface area contributed by atoms with Gasteiger partial charge in [0.1, 0.15) is 24.9 Å². The molecule has 0 spiro atoms. The average Bonchev–Trinajstić information content (AvgIpc) is 2.74. The normalized spacial score (nSPS) is 17.1. The fraction of sp³-hybridized carbons (Fsp3) is 0.885. The van der Waals surface area contributed by atoms with Crippen LogP contribution in [0, 0.1) is 17.8 Å².